The molecule has 2 rings (SSSR count). The number of carbonyl (C=O) groups excluding carboxylic acids is 1. The summed E-state index contributed by atoms with van der Waals surface area (Å²) in [5.74, 6) is 1.26. The number of hydrogen-bond acceptors (Lipinski definition) is 4. The van der Waals surface area contributed by atoms with Crippen molar-refractivity contribution in [2.24, 2.45) is 0 Å². The molecule has 5 nitrogen and oxygen atoms in total. The third-order valence-electron chi connectivity index (χ3n) is 3.18. The Morgan fingerprint density at radius 2 is 1.85 bits per heavy atom. The highest BCUT2D eigenvalue weighted by Gasteiger charge is 2.08. The first kappa shape index (κ1) is 20.6. The Labute approximate surface area is 171 Å². The molecule has 3 N–H and O–H groups in total. The molecule has 0 heterocycles. The van der Waals surface area contributed by atoms with Gasteiger partial charge in [0, 0.05) is 27.6 Å². The SMILES string of the molecule is COc1cccc(NC(=S)NNC(=O)CSCc2c(Cl)cccc2Cl)c1. The quantitative estimate of drug-likeness (QED) is 0.471. The second-order valence-electron chi connectivity index (χ2n) is 5.05. The van der Waals surface area contributed by atoms with E-state index in [1.54, 1.807) is 31.4 Å². The lowest BCUT2D eigenvalue weighted by atomic mass is 10.2. The van der Waals surface area contributed by atoms with E-state index in [4.69, 9.17) is 40.2 Å². The van der Waals surface area contributed by atoms with E-state index in [1.807, 2.05) is 18.2 Å². The number of thiocarbonyl (C=S) groups is 1. The molecule has 2 aromatic rings. The Kier molecular flexibility index (Phi) is 8.31. The van der Waals surface area contributed by atoms with E-state index in [0.717, 1.165) is 11.3 Å². The first-order valence-corrected chi connectivity index (χ1v) is 9.82. The van der Waals surface area contributed by atoms with Crippen LogP contribution in [0.5, 0.6) is 5.75 Å². The topological polar surface area (TPSA) is 62.4 Å². The lowest BCUT2D eigenvalue weighted by Crippen LogP contribution is -2.44. The van der Waals surface area contributed by atoms with Crippen molar-refractivity contribution in [3.8, 4) is 5.75 Å². The van der Waals surface area contributed by atoms with Crippen LogP contribution < -0.4 is 20.9 Å². The van der Waals surface area contributed by atoms with Crippen LogP contribution in [0.25, 0.3) is 0 Å². The van der Waals surface area contributed by atoms with Crippen molar-refractivity contribution in [1.29, 1.82) is 0 Å². The summed E-state index contributed by atoms with van der Waals surface area (Å²) in [4.78, 5) is 11.9. The summed E-state index contributed by atoms with van der Waals surface area (Å²) < 4.78 is 5.14. The Morgan fingerprint density at radius 3 is 2.54 bits per heavy atom. The van der Waals surface area contributed by atoms with Crippen LogP contribution in [0.2, 0.25) is 10.0 Å². The van der Waals surface area contributed by atoms with E-state index < -0.39 is 0 Å². The van der Waals surface area contributed by atoms with Gasteiger partial charge in [0.2, 0.25) is 5.91 Å². The summed E-state index contributed by atoms with van der Waals surface area (Å²) in [6, 6.07) is 12.6. The molecule has 0 aliphatic carbocycles. The number of methoxy groups -OCH3 is 1. The number of hydrazine groups is 1. The van der Waals surface area contributed by atoms with Gasteiger partial charge in [0.1, 0.15) is 5.75 Å². The van der Waals surface area contributed by atoms with Gasteiger partial charge in [-0.2, -0.15) is 0 Å². The zero-order valence-electron chi connectivity index (χ0n) is 13.8. The molecule has 138 valence electrons. The van der Waals surface area contributed by atoms with E-state index in [1.165, 1.54) is 11.8 Å². The smallest absolute Gasteiger partial charge is 0.248 e. The molecule has 26 heavy (non-hydrogen) atoms. The molecule has 0 bridgehead atoms. The number of hydrogen-bond donors (Lipinski definition) is 3. The number of thioether (sulfide) groups is 1. The van der Waals surface area contributed by atoms with Crippen molar-refractivity contribution in [2.45, 2.75) is 5.75 Å². The minimum atomic E-state index is -0.215. The second-order valence-corrected chi connectivity index (χ2v) is 7.26. The van der Waals surface area contributed by atoms with Crippen molar-refractivity contribution in [3.63, 3.8) is 0 Å². The van der Waals surface area contributed by atoms with E-state index in [9.17, 15) is 4.79 Å². The van der Waals surface area contributed by atoms with Gasteiger partial charge in [0.05, 0.1) is 12.9 Å². The number of anilines is 1. The standard InChI is InChI=1S/C17H17Cl2N3O2S2/c1-24-12-5-2-4-11(8-12)20-17(25)22-21-16(23)10-26-9-13-14(18)6-3-7-15(13)19/h2-8H,9-10H2,1H3,(H,21,23)(H2,20,22,25). The monoisotopic (exact) mass is 429 g/mol. The predicted molar refractivity (Wildman–Crippen MR) is 113 cm³/mol. The first-order valence-electron chi connectivity index (χ1n) is 7.50. The average molecular weight is 430 g/mol. The molecule has 2 aromatic carbocycles. The highest BCUT2D eigenvalue weighted by molar-refractivity contribution is 7.99. The van der Waals surface area contributed by atoms with Gasteiger partial charge < -0.3 is 10.1 Å². The van der Waals surface area contributed by atoms with Crippen molar-refractivity contribution in [2.75, 3.05) is 18.2 Å². The Hall–Kier alpha value is -1.67. The molecule has 0 fully saturated rings. The Morgan fingerprint density at radius 1 is 1.15 bits per heavy atom. The number of amides is 1. The van der Waals surface area contributed by atoms with E-state index in [2.05, 4.69) is 16.2 Å². The van der Waals surface area contributed by atoms with Crippen LogP contribution in [-0.2, 0) is 10.5 Å². The largest absolute Gasteiger partial charge is 0.497 e. The molecular formula is C17H17Cl2N3O2S2. The maximum atomic E-state index is 11.9. The molecule has 0 aliphatic rings. The number of benzene rings is 2. The van der Waals surface area contributed by atoms with Gasteiger partial charge in [0.15, 0.2) is 5.11 Å². The van der Waals surface area contributed by atoms with Crippen LogP contribution in [0.1, 0.15) is 5.56 Å². The fraction of sp³-hybridized carbons (Fsp3) is 0.176. The van der Waals surface area contributed by atoms with E-state index >= 15 is 0 Å². The minimum Gasteiger partial charge on any atom is -0.497 e. The predicted octanol–water partition coefficient (Wildman–Crippen LogP) is 4.25. The van der Waals surface area contributed by atoms with Gasteiger partial charge in [-0.3, -0.25) is 15.6 Å². The van der Waals surface area contributed by atoms with Gasteiger partial charge in [-0.25, -0.2) is 0 Å². The molecule has 0 saturated heterocycles. The second kappa shape index (κ2) is 10.5. The van der Waals surface area contributed by atoms with Crippen molar-refractivity contribution in [3.05, 3.63) is 58.1 Å². The lowest BCUT2D eigenvalue weighted by Gasteiger charge is -2.12. The van der Waals surface area contributed by atoms with Gasteiger partial charge in [-0.15, -0.1) is 11.8 Å². The normalized spacial score (nSPS) is 10.1. The molecule has 1 amide bonds. The molecule has 9 heteroatoms. The van der Waals surface area contributed by atoms with Crippen LogP contribution in [0.15, 0.2) is 42.5 Å². The summed E-state index contributed by atoms with van der Waals surface area (Å²) in [5.41, 5.74) is 6.76. The number of halogens is 2. The average Bonchev–Trinajstić information content (AvgIpc) is 2.62. The maximum absolute atomic E-state index is 11.9. The summed E-state index contributed by atoms with van der Waals surface area (Å²) in [6.45, 7) is 0. The summed E-state index contributed by atoms with van der Waals surface area (Å²) >= 11 is 18.7. The highest BCUT2D eigenvalue weighted by atomic mass is 35.5. The maximum Gasteiger partial charge on any atom is 0.248 e. The van der Waals surface area contributed by atoms with Gasteiger partial charge in [0.25, 0.3) is 0 Å². The van der Waals surface area contributed by atoms with Crippen molar-refractivity contribution in [1.82, 2.24) is 10.9 Å². The summed E-state index contributed by atoms with van der Waals surface area (Å²) in [6.07, 6.45) is 0. The van der Waals surface area contributed by atoms with Crippen molar-refractivity contribution < 1.29 is 9.53 Å². The van der Waals surface area contributed by atoms with Crippen LogP contribution in [0.4, 0.5) is 5.69 Å². The third-order valence-corrected chi connectivity index (χ3v) is 5.06. The summed E-state index contributed by atoms with van der Waals surface area (Å²) in [7, 11) is 1.59. The minimum absolute atomic E-state index is 0.215. The fourth-order valence-electron chi connectivity index (χ4n) is 1.94. The molecule has 0 radical (unpaired) electrons. The third kappa shape index (κ3) is 6.57. The molecule has 0 unspecified atom stereocenters. The van der Waals surface area contributed by atoms with Crippen molar-refractivity contribution >= 4 is 63.9 Å². The molecule has 0 aliphatic heterocycles. The van der Waals surface area contributed by atoms with Gasteiger partial charge in [-0.05, 0) is 42.0 Å². The molecule has 0 saturated carbocycles. The zero-order valence-corrected chi connectivity index (χ0v) is 17.0. The molecule has 0 spiro atoms. The number of ether oxygens (including phenoxy) is 1. The molecule has 0 aromatic heterocycles. The van der Waals surface area contributed by atoms with Crippen LogP contribution >= 0.6 is 47.2 Å². The van der Waals surface area contributed by atoms with Gasteiger partial charge in [-0.1, -0.05) is 35.3 Å². The number of rotatable bonds is 6. The Balaban J connectivity index is 1.72. The van der Waals surface area contributed by atoms with Crippen LogP contribution in [0, 0.1) is 0 Å². The van der Waals surface area contributed by atoms with Gasteiger partial charge >= 0.3 is 0 Å². The zero-order chi connectivity index (χ0) is 18.9. The lowest BCUT2D eigenvalue weighted by molar-refractivity contribution is -0.119. The summed E-state index contributed by atoms with van der Waals surface area (Å²) in [5, 5.41) is 4.40. The molecule has 0 atom stereocenters. The number of carbonyl (C=O) groups is 1. The number of nitrogens with one attached hydrogen (secondary N) is 3. The van der Waals surface area contributed by atoms with Crippen LogP contribution in [-0.4, -0.2) is 23.9 Å². The van der Waals surface area contributed by atoms with E-state index in [0.29, 0.717) is 21.5 Å². The Bertz CT molecular complexity index is 770. The van der Waals surface area contributed by atoms with Crippen LogP contribution in [0.3, 0.4) is 0 Å². The fourth-order valence-corrected chi connectivity index (χ4v) is 3.67. The molecular weight excluding hydrogens is 413 g/mol. The highest BCUT2D eigenvalue weighted by Crippen LogP contribution is 2.28. The first-order chi connectivity index (χ1) is 12.5. The van der Waals surface area contributed by atoms with E-state index in [-0.39, 0.29) is 16.8 Å².